The first-order valence-corrected chi connectivity index (χ1v) is 9.41. The van der Waals surface area contributed by atoms with Crippen LogP contribution in [0.4, 0.5) is 0 Å². The topological polar surface area (TPSA) is 83.6 Å². The van der Waals surface area contributed by atoms with Crippen LogP contribution in [0.2, 0.25) is 0 Å². The zero-order valence-electron chi connectivity index (χ0n) is 16.5. The second kappa shape index (κ2) is 10.9. The van der Waals surface area contributed by atoms with Gasteiger partial charge in [-0.25, -0.2) is 0 Å². The second-order valence-corrected chi connectivity index (χ2v) is 6.82. The summed E-state index contributed by atoms with van der Waals surface area (Å²) in [4.78, 5) is 9.40. The standard InChI is InChI=1S/C22H26N2O4.Cu/c1-27-17-7-9-21(25)15(11-17)13-23-19-5-3-4-6-20(19)24-14-16-12-18(28-2)8-10-22(16)26;/h7-14,19-20,25-26H,3-6H2,1-2H3;. The average Bonchev–Trinajstić information content (AvgIpc) is 2.73. The summed E-state index contributed by atoms with van der Waals surface area (Å²) >= 11 is 0. The maximum atomic E-state index is 10.0. The van der Waals surface area contributed by atoms with E-state index in [0.29, 0.717) is 22.6 Å². The zero-order valence-corrected chi connectivity index (χ0v) is 17.5. The van der Waals surface area contributed by atoms with Gasteiger partial charge in [-0.15, -0.1) is 0 Å². The summed E-state index contributed by atoms with van der Waals surface area (Å²) in [6.45, 7) is 0. The fourth-order valence-electron chi connectivity index (χ4n) is 3.32. The van der Waals surface area contributed by atoms with Crippen LogP contribution in [0.3, 0.4) is 0 Å². The number of aromatic hydroxyl groups is 2. The van der Waals surface area contributed by atoms with Crippen LogP contribution in [0, 0.1) is 0 Å². The number of aliphatic imine (C=N–C) groups is 2. The van der Waals surface area contributed by atoms with E-state index < -0.39 is 0 Å². The van der Waals surface area contributed by atoms with E-state index in [0.717, 1.165) is 25.7 Å². The van der Waals surface area contributed by atoms with Crippen molar-refractivity contribution in [3.63, 3.8) is 0 Å². The third-order valence-electron chi connectivity index (χ3n) is 4.97. The molecule has 2 unspecified atom stereocenters. The number of benzene rings is 2. The first-order chi connectivity index (χ1) is 13.6. The number of ether oxygens (including phenoxy) is 2. The molecule has 0 aliphatic heterocycles. The van der Waals surface area contributed by atoms with E-state index in [2.05, 4.69) is 0 Å². The Morgan fingerprint density at radius 2 is 1.21 bits per heavy atom. The average molecular weight is 446 g/mol. The largest absolute Gasteiger partial charge is 0.507 e. The minimum Gasteiger partial charge on any atom is -0.507 e. The Morgan fingerprint density at radius 1 is 0.793 bits per heavy atom. The van der Waals surface area contributed by atoms with Gasteiger partial charge < -0.3 is 19.7 Å². The predicted molar refractivity (Wildman–Crippen MR) is 111 cm³/mol. The van der Waals surface area contributed by atoms with Crippen molar-refractivity contribution in [3.8, 4) is 23.0 Å². The number of hydrogen-bond acceptors (Lipinski definition) is 6. The third-order valence-corrected chi connectivity index (χ3v) is 4.97. The van der Waals surface area contributed by atoms with E-state index in [4.69, 9.17) is 19.5 Å². The summed E-state index contributed by atoms with van der Waals surface area (Å²) in [7, 11) is 3.18. The first-order valence-electron chi connectivity index (χ1n) is 9.41. The fraction of sp³-hybridized carbons (Fsp3) is 0.364. The molecule has 1 fully saturated rings. The Morgan fingerprint density at radius 3 is 1.59 bits per heavy atom. The molecule has 6 nitrogen and oxygen atoms in total. The van der Waals surface area contributed by atoms with Crippen LogP contribution in [-0.4, -0.2) is 48.9 Å². The molecule has 2 N–H and O–H groups in total. The monoisotopic (exact) mass is 445 g/mol. The molecule has 7 heteroatoms. The molecule has 2 atom stereocenters. The van der Waals surface area contributed by atoms with Crippen molar-refractivity contribution < 1.29 is 36.8 Å². The Kier molecular flexibility index (Phi) is 8.55. The van der Waals surface area contributed by atoms with Gasteiger partial charge in [-0.05, 0) is 49.2 Å². The minimum atomic E-state index is 0. The van der Waals surface area contributed by atoms with Gasteiger partial charge in [0.25, 0.3) is 0 Å². The van der Waals surface area contributed by atoms with Crippen molar-refractivity contribution in [3.05, 3.63) is 47.5 Å². The van der Waals surface area contributed by atoms with E-state index in [1.807, 2.05) is 0 Å². The van der Waals surface area contributed by atoms with Gasteiger partial charge in [-0.3, -0.25) is 9.98 Å². The van der Waals surface area contributed by atoms with E-state index in [1.165, 1.54) is 0 Å². The SMILES string of the molecule is COc1ccc(O)c(C=NC2CCCCC2N=Cc2cc(OC)ccc2O)c1.[Cu]. The molecule has 1 radical (unpaired) electrons. The van der Waals surface area contributed by atoms with Crippen LogP contribution in [0.25, 0.3) is 0 Å². The van der Waals surface area contributed by atoms with Crippen molar-refractivity contribution in [1.29, 1.82) is 0 Å². The van der Waals surface area contributed by atoms with Gasteiger partial charge in [0.2, 0.25) is 0 Å². The Hall–Kier alpha value is -2.50. The smallest absolute Gasteiger partial charge is 0.124 e. The fourth-order valence-corrected chi connectivity index (χ4v) is 3.32. The maximum absolute atomic E-state index is 10.0. The molecule has 2 aromatic rings. The van der Waals surface area contributed by atoms with Gasteiger partial charge in [-0.1, -0.05) is 12.8 Å². The van der Waals surface area contributed by atoms with Gasteiger partial charge in [0.15, 0.2) is 0 Å². The first kappa shape index (κ1) is 22.8. The molecular formula is C22H26CuN2O4. The molecule has 1 aliphatic rings. The van der Waals surface area contributed by atoms with E-state index in [-0.39, 0.29) is 40.7 Å². The summed E-state index contributed by atoms with van der Waals surface area (Å²) < 4.78 is 10.4. The number of phenolic OH excluding ortho intramolecular Hbond substituents is 2. The van der Waals surface area contributed by atoms with Crippen LogP contribution < -0.4 is 9.47 Å². The Balaban J connectivity index is 0.00000300. The number of nitrogens with zero attached hydrogens (tertiary/aromatic N) is 2. The molecule has 159 valence electrons. The molecule has 1 saturated carbocycles. The van der Waals surface area contributed by atoms with Crippen LogP contribution in [0.1, 0.15) is 36.8 Å². The molecule has 0 saturated heterocycles. The molecule has 3 rings (SSSR count). The molecule has 0 heterocycles. The Labute approximate surface area is 181 Å². The summed E-state index contributed by atoms with van der Waals surface area (Å²) in [5, 5.41) is 20.1. The van der Waals surface area contributed by atoms with E-state index in [1.54, 1.807) is 63.0 Å². The van der Waals surface area contributed by atoms with Crippen LogP contribution in [0.15, 0.2) is 46.4 Å². The predicted octanol–water partition coefficient (Wildman–Crippen LogP) is 3.96. The van der Waals surface area contributed by atoms with Gasteiger partial charge in [0.1, 0.15) is 23.0 Å². The molecule has 29 heavy (non-hydrogen) atoms. The van der Waals surface area contributed by atoms with Crippen LogP contribution in [0.5, 0.6) is 23.0 Å². The van der Waals surface area contributed by atoms with Gasteiger partial charge in [0, 0.05) is 40.6 Å². The Bertz CT molecular complexity index is 798. The van der Waals surface area contributed by atoms with Crippen molar-refractivity contribution in [2.45, 2.75) is 37.8 Å². The summed E-state index contributed by atoms with van der Waals surface area (Å²) in [5.74, 6) is 1.68. The van der Waals surface area contributed by atoms with Crippen molar-refractivity contribution >= 4 is 12.4 Å². The van der Waals surface area contributed by atoms with Crippen LogP contribution >= 0.6 is 0 Å². The molecule has 0 amide bonds. The van der Waals surface area contributed by atoms with Gasteiger partial charge >= 0.3 is 0 Å². The summed E-state index contributed by atoms with van der Waals surface area (Å²) in [6.07, 6.45) is 7.46. The minimum absolute atomic E-state index is 0. The maximum Gasteiger partial charge on any atom is 0.124 e. The van der Waals surface area contributed by atoms with Gasteiger partial charge in [-0.2, -0.15) is 0 Å². The number of phenols is 2. The van der Waals surface area contributed by atoms with Crippen molar-refractivity contribution in [1.82, 2.24) is 0 Å². The molecule has 1 aliphatic carbocycles. The molecule has 2 aromatic carbocycles. The summed E-state index contributed by atoms with van der Waals surface area (Å²) in [6, 6.07) is 10.2. The number of methoxy groups -OCH3 is 2. The quantitative estimate of drug-likeness (QED) is 0.520. The van der Waals surface area contributed by atoms with Crippen molar-refractivity contribution in [2.24, 2.45) is 9.98 Å². The number of hydrogen-bond donors (Lipinski definition) is 2. The van der Waals surface area contributed by atoms with Crippen LogP contribution in [-0.2, 0) is 17.1 Å². The van der Waals surface area contributed by atoms with E-state index >= 15 is 0 Å². The van der Waals surface area contributed by atoms with Crippen molar-refractivity contribution in [2.75, 3.05) is 14.2 Å². The zero-order chi connectivity index (χ0) is 19.9. The normalized spacial score (nSPS) is 19.2. The third kappa shape index (κ3) is 5.99. The second-order valence-electron chi connectivity index (χ2n) is 6.82. The molecule has 0 spiro atoms. The summed E-state index contributed by atoms with van der Waals surface area (Å²) in [5.41, 5.74) is 1.25. The molecule has 0 bridgehead atoms. The number of rotatable bonds is 6. The molecular weight excluding hydrogens is 420 g/mol. The van der Waals surface area contributed by atoms with E-state index in [9.17, 15) is 10.2 Å². The van der Waals surface area contributed by atoms with Gasteiger partial charge in [0.05, 0.1) is 26.3 Å². The molecule has 0 aromatic heterocycles.